The Balaban J connectivity index is 1.59. The summed E-state index contributed by atoms with van der Waals surface area (Å²) in [6.45, 7) is 2.09. The summed E-state index contributed by atoms with van der Waals surface area (Å²) < 4.78 is 21.5. The predicted molar refractivity (Wildman–Crippen MR) is 109 cm³/mol. The number of rotatable bonds is 4. The molecular formula is C22H15FN6O. The Morgan fingerprint density at radius 3 is 2.93 bits per heavy atom. The number of anilines is 1. The first-order valence-corrected chi connectivity index (χ1v) is 9.24. The molecule has 0 fully saturated rings. The van der Waals surface area contributed by atoms with Gasteiger partial charge in [0.2, 0.25) is 5.95 Å². The number of aromatic nitrogens is 4. The predicted octanol–water partition coefficient (Wildman–Crippen LogP) is 4.47. The maximum atomic E-state index is 14.4. The van der Waals surface area contributed by atoms with E-state index in [-0.39, 0.29) is 18.1 Å². The van der Waals surface area contributed by atoms with Crippen molar-refractivity contribution in [2.45, 2.75) is 13.5 Å². The van der Waals surface area contributed by atoms with E-state index in [0.717, 1.165) is 16.8 Å². The van der Waals surface area contributed by atoms with Gasteiger partial charge in [0.05, 0.1) is 12.5 Å². The van der Waals surface area contributed by atoms with Crippen LogP contribution in [-0.4, -0.2) is 19.4 Å². The summed E-state index contributed by atoms with van der Waals surface area (Å²) in [4.78, 5) is 13.3. The number of hydrogen-bond donors (Lipinski definition) is 1. The first-order valence-electron chi connectivity index (χ1n) is 9.24. The van der Waals surface area contributed by atoms with Gasteiger partial charge in [-0.3, -0.25) is 9.38 Å². The van der Waals surface area contributed by atoms with E-state index in [9.17, 15) is 9.65 Å². The van der Waals surface area contributed by atoms with Crippen molar-refractivity contribution in [3.05, 3.63) is 78.0 Å². The minimum Gasteiger partial charge on any atom is -0.464 e. The Bertz CT molecular complexity index is 1450. The minimum absolute atomic E-state index is 0.191. The lowest BCUT2D eigenvalue weighted by Gasteiger charge is -2.12. The molecule has 5 rings (SSSR count). The molecule has 0 aliphatic heterocycles. The molecule has 0 saturated heterocycles. The van der Waals surface area contributed by atoms with Crippen molar-refractivity contribution in [2.75, 3.05) is 5.32 Å². The highest BCUT2D eigenvalue weighted by Gasteiger charge is 2.16. The molecule has 4 heterocycles. The van der Waals surface area contributed by atoms with E-state index in [1.165, 1.54) is 12.3 Å². The van der Waals surface area contributed by atoms with Crippen molar-refractivity contribution >= 4 is 22.6 Å². The van der Waals surface area contributed by atoms with Crippen molar-refractivity contribution in [2.24, 2.45) is 0 Å². The molecule has 8 heteroatoms. The van der Waals surface area contributed by atoms with Crippen LogP contribution in [0.15, 0.2) is 59.6 Å². The second-order valence-corrected chi connectivity index (χ2v) is 6.78. The zero-order valence-electron chi connectivity index (χ0n) is 15.9. The zero-order chi connectivity index (χ0) is 20.7. The summed E-state index contributed by atoms with van der Waals surface area (Å²) in [6, 6.07) is 10.6. The number of furan rings is 1. The maximum Gasteiger partial charge on any atom is 0.208 e. The lowest BCUT2D eigenvalue weighted by Crippen LogP contribution is -2.08. The van der Waals surface area contributed by atoms with Crippen LogP contribution in [0.3, 0.4) is 0 Å². The number of aryl methyl sites for hydroxylation is 1. The molecule has 7 nitrogen and oxygen atoms in total. The second-order valence-electron chi connectivity index (χ2n) is 6.78. The number of benzene rings is 1. The van der Waals surface area contributed by atoms with Crippen LogP contribution in [0.4, 0.5) is 10.3 Å². The topological polar surface area (TPSA) is 92.0 Å². The van der Waals surface area contributed by atoms with Crippen LogP contribution >= 0.6 is 0 Å². The van der Waals surface area contributed by atoms with Crippen molar-refractivity contribution < 1.29 is 8.81 Å². The Hall–Kier alpha value is -4.25. The van der Waals surface area contributed by atoms with E-state index >= 15 is 0 Å². The number of nitriles is 1. The summed E-state index contributed by atoms with van der Waals surface area (Å²) in [5.41, 5.74) is 4.39. The molecule has 4 aromatic heterocycles. The van der Waals surface area contributed by atoms with Crippen molar-refractivity contribution in [3.63, 3.8) is 0 Å². The van der Waals surface area contributed by atoms with Crippen LogP contribution in [-0.2, 0) is 6.54 Å². The van der Waals surface area contributed by atoms with E-state index in [2.05, 4.69) is 26.3 Å². The van der Waals surface area contributed by atoms with Gasteiger partial charge in [0.25, 0.3) is 0 Å². The van der Waals surface area contributed by atoms with E-state index < -0.39 is 0 Å². The largest absolute Gasteiger partial charge is 0.464 e. The first kappa shape index (κ1) is 17.8. The van der Waals surface area contributed by atoms with Gasteiger partial charge in [-0.1, -0.05) is 6.07 Å². The summed E-state index contributed by atoms with van der Waals surface area (Å²) in [6.07, 6.45) is 6.54. The van der Waals surface area contributed by atoms with Gasteiger partial charge in [-0.2, -0.15) is 5.26 Å². The molecule has 0 radical (unpaired) electrons. The van der Waals surface area contributed by atoms with Gasteiger partial charge in [0.1, 0.15) is 17.5 Å². The summed E-state index contributed by atoms with van der Waals surface area (Å²) in [5.74, 6) is 0.114. The molecular weight excluding hydrogens is 383 g/mol. The Labute approximate surface area is 170 Å². The first-order chi connectivity index (χ1) is 14.7. The molecule has 1 N–H and O–H groups in total. The van der Waals surface area contributed by atoms with Gasteiger partial charge >= 0.3 is 0 Å². The van der Waals surface area contributed by atoms with E-state index in [0.29, 0.717) is 28.1 Å². The van der Waals surface area contributed by atoms with E-state index in [4.69, 9.17) is 4.42 Å². The van der Waals surface area contributed by atoms with Crippen molar-refractivity contribution in [1.82, 2.24) is 19.4 Å². The number of nitrogens with one attached hydrogen (secondary N) is 1. The summed E-state index contributed by atoms with van der Waals surface area (Å²) in [7, 11) is 0. The normalized spacial score (nSPS) is 11.1. The van der Waals surface area contributed by atoms with E-state index in [1.807, 2.05) is 19.1 Å². The fraction of sp³-hybridized carbons (Fsp3) is 0.0909. The smallest absolute Gasteiger partial charge is 0.208 e. The van der Waals surface area contributed by atoms with Crippen LogP contribution in [0.5, 0.6) is 0 Å². The number of fused-ring (bicyclic) bond motifs is 2. The van der Waals surface area contributed by atoms with Gasteiger partial charge in [-0.05, 0) is 31.2 Å². The van der Waals surface area contributed by atoms with Crippen molar-refractivity contribution in [1.29, 1.82) is 5.26 Å². The standard InChI is InChI=1S/C22H15FN6O/c1-13-15(3-2-7-25-13)18-11-27-22(29-12-14(9-24)28-21(18)29)26-10-17-16-6-8-30-20(16)5-4-19(17)23/h2-8,11-12H,10H2,1H3,(H,26,27). The van der Waals surface area contributed by atoms with Crippen LogP contribution in [0.1, 0.15) is 17.0 Å². The second kappa shape index (κ2) is 6.97. The molecule has 0 saturated carbocycles. The molecule has 0 bridgehead atoms. The quantitative estimate of drug-likeness (QED) is 0.480. The number of nitrogens with zero attached hydrogens (tertiary/aromatic N) is 5. The third-order valence-electron chi connectivity index (χ3n) is 5.02. The number of halogens is 1. The molecule has 146 valence electrons. The number of hydrogen-bond acceptors (Lipinski definition) is 6. The molecule has 0 aliphatic carbocycles. The van der Waals surface area contributed by atoms with Crippen LogP contribution < -0.4 is 5.32 Å². The molecule has 5 aromatic rings. The third kappa shape index (κ3) is 2.84. The zero-order valence-corrected chi connectivity index (χ0v) is 15.9. The molecule has 0 unspecified atom stereocenters. The average Bonchev–Trinajstić information content (AvgIpc) is 3.40. The van der Waals surface area contributed by atoms with Gasteiger partial charge in [0, 0.05) is 46.7 Å². The van der Waals surface area contributed by atoms with Gasteiger partial charge in [-0.15, -0.1) is 0 Å². The molecule has 0 aliphatic rings. The maximum absolute atomic E-state index is 14.4. The molecule has 1 aromatic carbocycles. The number of imidazole rings is 1. The third-order valence-corrected chi connectivity index (χ3v) is 5.02. The highest BCUT2D eigenvalue weighted by Crippen LogP contribution is 2.28. The van der Waals surface area contributed by atoms with Crippen LogP contribution in [0, 0.1) is 24.1 Å². The molecule has 0 amide bonds. The molecule has 30 heavy (non-hydrogen) atoms. The fourth-order valence-corrected chi connectivity index (χ4v) is 3.55. The lowest BCUT2D eigenvalue weighted by molar-refractivity contribution is 0.603. The average molecular weight is 398 g/mol. The van der Waals surface area contributed by atoms with Crippen molar-refractivity contribution in [3.8, 4) is 17.2 Å². The number of pyridine rings is 1. The Kier molecular flexibility index (Phi) is 4.14. The molecule has 0 spiro atoms. The lowest BCUT2D eigenvalue weighted by atomic mass is 10.1. The van der Waals surface area contributed by atoms with Crippen LogP contribution in [0.25, 0.3) is 27.7 Å². The van der Waals surface area contributed by atoms with Crippen LogP contribution in [0.2, 0.25) is 0 Å². The summed E-state index contributed by atoms with van der Waals surface area (Å²) >= 11 is 0. The summed E-state index contributed by atoms with van der Waals surface area (Å²) in [5, 5.41) is 13.2. The highest BCUT2D eigenvalue weighted by atomic mass is 19.1. The monoisotopic (exact) mass is 398 g/mol. The minimum atomic E-state index is -0.335. The van der Waals surface area contributed by atoms with Gasteiger partial charge < -0.3 is 9.73 Å². The van der Waals surface area contributed by atoms with Gasteiger partial charge in [-0.25, -0.2) is 14.4 Å². The van der Waals surface area contributed by atoms with E-state index in [1.54, 1.807) is 35.1 Å². The Morgan fingerprint density at radius 2 is 2.10 bits per heavy atom. The highest BCUT2D eigenvalue weighted by molar-refractivity contribution is 5.82. The fourth-order valence-electron chi connectivity index (χ4n) is 3.55. The Morgan fingerprint density at radius 1 is 1.20 bits per heavy atom. The molecule has 0 atom stereocenters. The SMILES string of the molecule is Cc1ncccc1-c1cnc(NCc2c(F)ccc3occc23)n2cc(C#N)nc12. The van der Waals surface area contributed by atoms with Gasteiger partial charge in [0.15, 0.2) is 11.3 Å².